The van der Waals surface area contributed by atoms with Gasteiger partial charge in [0.15, 0.2) is 11.8 Å². The smallest absolute Gasteiger partial charge is 0.180 e. The minimum absolute atomic E-state index is 0.314. The Kier molecular flexibility index (Phi) is 7.04. The van der Waals surface area contributed by atoms with Gasteiger partial charge in [-0.25, -0.2) is 4.68 Å². The number of thiocarbonyl (C=S) groups is 1. The van der Waals surface area contributed by atoms with E-state index in [1.54, 1.807) is 17.1 Å². The van der Waals surface area contributed by atoms with Crippen LogP contribution in [0.15, 0.2) is 55.2 Å². The van der Waals surface area contributed by atoms with E-state index >= 15 is 0 Å². The summed E-state index contributed by atoms with van der Waals surface area (Å²) in [7, 11) is 0. The van der Waals surface area contributed by atoms with Gasteiger partial charge < -0.3 is 15.4 Å². The molecule has 0 aliphatic rings. The van der Waals surface area contributed by atoms with Crippen LogP contribution in [-0.2, 0) is 26.2 Å². The van der Waals surface area contributed by atoms with Gasteiger partial charge in [0.05, 0.1) is 42.7 Å². The predicted octanol–water partition coefficient (Wildman–Crippen LogP) is 4.06. The second-order valence-corrected chi connectivity index (χ2v) is 8.02. The van der Waals surface area contributed by atoms with Crippen LogP contribution in [0.1, 0.15) is 30.7 Å². The average Bonchev–Trinajstić information content (AvgIpc) is 3.54. The zero-order valence-corrected chi connectivity index (χ0v) is 19.8. The van der Waals surface area contributed by atoms with Gasteiger partial charge in [0.2, 0.25) is 0 Å². The molecule has 0 aliphatic heterocycles. The molecule has 10 heteroatoms. The van der Waals surface area contributed by atoms with E-state index in [4.69, 9.17) is 17.0 Å². The fourth-order valence-electron chi connectivity index (χ4n) is 3.40. The number of ether oxygens (including phenoxy) is 1. The Hall–Kier alpha value is -3.66. The van der Waals surface area contributed by atoms with Gasteiger partial charge >= 0.3 is 0 Å². The Labute approximate surface area is 198 Å². The molecule has 0 saturated heterocycles. The van der Waals surface area contributed by atoms with E-state index in [0.717, 1.165) is 41.3 Å². The number of rotatable bonds is 9. The molecule has 9 nitrogen and oxygen atoms in total. The SMILES string of the molecule is CCc1ccc(OCn2cc(NC(=S)Nc3cnn(Cc4cnn(CC)c4C)c3)cn2)cc1. The van der Waals surface area contributed by atoms with Gasteiger partial charge in [0, 0.05) is 24.0 Å². The number of hydrogen-bond donors (Lipinski definition) is 2. The highest BCUT2D eigenvalue weighted by Crippen LogP contribution is 2.15. The van der Waals surface area contributed by atoms with E-state index in [9.17, 15) is 0 Å². The monoisotopic (exact) mass is 464 g/mol. The van der Waals surface area contributed by atoms with E-state index in [1.807, 2.05) is 40.1 Å². The van der Waals surface area contributed by atoms with Crippen molar-refractivity contribution in [3.8, 4) is 5.75 Å². The Morgan fingerprint density at radius 1 is 0.939 bits per heavy atom. The van der Waals surface area contributed by atoms with Crippen LogP contribution in [0.4, 0.5) is 11.4 Å². The molecule has 0 saturated carbocycles. The van der Waals surface area contributed by atoms with Gasteiger partial charge in [0.1, 0.15) is 5.75 Å². The summed E-state index contributed by atoms with van der Waals surface area (Å²) in [5, 5.41) is 19.9. The summed E-state index contributed by atoms with van der Waals surface area (Å²) in [5.74, 6) is 0.809. The molecular formula is C23H28N8OS. The Balaban J connectivity index is 1.27. The highest BCUT2D eigenvalue weighted by atomic mass is 32.1. The van der Waals surface area contributed by atoms with Gasteiger partial charge in [-0.1, -0.05) is 19.1 Å². The molecule has 0 amide bonds. The third-order valence-electron chi connectivity index (χ3n) is 5.31. The summed E-state index contributed by atoms with van der Waals surface area (Å²) >= 11 is 5.43. The van der Waals surface area contributed by atoms with Crippen molar-refractivity contribution in [2.24, 2.45) is 0 Å². The first-order valence-corrected chi connectivity index (χ1v) is 11.3. The largest absolute Gasteiger partial charge is 0.471 e. The fraction of sp³-hybridized carbons (Fsp3) is 0.304. The van der Waals surface area contributed by atoms with Gasteiger partial charge in [-0.05, 0) is 50.2 Å². The van der Waals surface area contributed by atoms with Crippen molar-refractivity contribution in [3.05, 3.63) is 72.1 Å². The quantitative estimate of drug-likeness (QED) is 0.361. The van der Waals surface area contributed by atoms with Gasteiger partial charge in [-0.15, -0.1) is 0 Å². The number of anilines is 2. The topological polar surface area (TPSA) is 86.8 Å². The van der Waals surface area contributed by atoms with Crippen LogP contribution in [-0.4, -0.2) is 34.5 Å². The highest BCUT2D eigenvalue weighted by Gasteiger charge is 2.08. The van der Waals surface area contributed by atoms with Crippen LogP contribution in [0.25, 0.3) is 0 Å². The normalized spacial score (nSPS) is 10.9. The summed E-state index contributed by atoms with van der Waals surface area (Å²) in [6.45, 7) is 8.10. The number of aryl methyl sites for hydroxylation is 2. The van der Waals surface area contributed by atoms with Crippen LogP contribution < -0.4 is 15.4 Å². The minimum Gasteiger partial charge on any atom is -0.471 e. The van der Waals surface area contributed by atoms with Crippen LogP contribution in [0.2, 0.25) is 0 Å². The molecule has 4 rings (SSSR count). The molecule has 0 radical (unpaired) electrons. The summed E-state index contributed by atoms with van der Waals surface area (Å²) < 4.78 is 11.3. The first-order chi connectivity index (χ1) is 16.0. The van der Waals surface area contributed by atoms with E-state index < -0.39 is 0 Å². The zero-order chi connectivity index (χ0) is 23.2. The molecule has 3 heterocycles. The van der Waals surface area contributed by atoms with Crippen molar-refractivity contribution < 1.29 is 4.74 Å². The molecule has 33 heavy (non-hydrogen) atoms. The molecule has 0 fully saturated rings. The Morgan fingerprint density at radius 2 is 1.61 bits per heavy atom. The molecule has 3 aromatic heterocycles. The highest BCUT2D eigenvalue weighted by molar-refractivity contribution is 7.80. The Bertz CT molecular complexity index is 1210. The van der Waals surface area contributed by atoms with Crippen molar-refractivity contribution in [3.63, 3.8) is 0 Å². The molecule has 0 spiro atoms. The molecule has 1 aromatic carbocycles. The molecule has 2 N–H and O–H groups in total. The van der Waals surface area contributed by atoms with Gasteiger partial charge in [-0.2, -0.15) is 15.3 Å². The van der Waals surface area contributed by atoms with Crippen molar-refractivity contribution in [2.75, 3.05) is 10.6 Å². The summed E-state index contributed by atoms with van der Waals surface area (Å²) in [5.41, 5.74) is 5.15. The minimum atomic E-state index is 0.314. The lowest BCUT2D eigenvalue weighted by molar-refractivity contribution is 0.221. The van der Waals surface area contributed by atoms with Gasteiger partial charge in [0.25, 0.3) is 0 Å². The second-order valence-electron chi connectivity index (χ2n) is 7.62. The molecule has 0 bridgehead atoms. The lowest BCUT2D eigenvalue weighted by atomic mass is 10.2. The molecule has 4 aromatic rings. The van der Waals surface area contributed by atoms with E-state index in [1.165, 1.54) is 5.56 Å². The molecule has 172 valence electrons. The molecule has 0 aliphatic carbocycles. The fourth-order valence-corrected chi connectivity index (χ4v) is 3.64. The molecular weight excluding hydrogens is 436 g/mol. The van der Waals surface area contributed by atoms with Crippen LogP contribution >= 0.6 is 12.2 Å². The first-order valence-electron chi connectivity index (χ1n) is 10.9. The maximum absolute atomic E-state index is 5.78. The summed E-state index contributed by atoms with van der Waals surface area (Å²) in [4.78, 5) is 0. The van der Waals surface area contributed by atoms with E-state index in [2.05, 4.69) is 58.8 Å². The predicted molar refractivity (Wildman–Crippen MR) is 132 cm³/mol. The lowest BCUT2D eigenvalue weighted by Gasteiger charge is -2.07. The lowest BCUT2D eigenvalue weighted by Crippen LogP contribution is -2.18. The standard InChI is InChI=1S/C23H28N8OS/c1-4-18-6-8-22(9-7-18)32-16-30-15-21(12-25-30)28-23(33)27-20-11-24-29(14-20)13-19-10-26-31(5-2)17(19)3/h6-12,14-15H,4-5,13,16H2,1-3H3,(H2,27,28,33). The second kappa shape index (κ2) is 10.3. The van der Waals surface area contributed by atoms with Crippen LogP contribution in [0, 0.1) is 6.92 Å². The zero-order valence-electron chi connectivity index (χ0n) is 19.0. The average molecular weight is 465 g/mol. The number of aromatic nitrogens is 6. The van der Waals surface area contributed by atoms with Crippen LogP contribution in [0.5, 0.6) is 5.75 Å². The maximum atomic E-state index is 5.78. The summed E-state index contributed by atoms with van der Waals surface area (Å²) in [6.07, 6.45) is 10.1. The number of hydrogen-bond acceptors (Lipinski definition) is 5. The van der Waals surface area contributed by atoms with E-state index in [0.29, 0.717) is 18.4 Å². The van der Waals surface area contributed by atoms with Crippen LogP contribution in [0.3, 0.4) is 0 Å². The summed E-state index contributed by atoms with van der Waals surface area (Å²) in [6, 6.07) is 8.07. The third kappa shape index (κ3) is 5.78. The first kappa shape index (κ1) is 22.5. The molecule has 0 atom stereocenters. The number of nitrogens with zero attached hydrogens (tertiary/aromatic N) is 6. The maximum Gasteiger partial charge on any atom is 0.180 e. The molecule has 0 unspecified atom stereocenters. The van der Waals surface area contributed by atoms with Crippen molar-refractivity contribution >= 4 is 28.7 Å². The van der Waals surface area contributed by atoms with Gasteiger partial charge in [-0.3, -0.25) is 9.36 Å². The number of benzene rings is 1. The Morgan fingerprint density at radius 3 is 2.24 bits per heavy atom. The van der Waals surface area contributed by atoms with Crippen molar-refractivity contribution in [1.29, 1.82) is 0 Å². The van der Waals surface area contributed by atoms with Crippen molar-refractivity contribution in [2.45, 2.75) is 47.0 Å². The number of nitrogens with one attached hydrogen (secondary N) is 2. The van der Waals surface area contributed by atoms with E-state index in [-0.39, 0.29) is 0 Å². The third-order valence-corrected chi connectivity index (χ3v) is 5.52. The van der Waals surface area contributed by atoms with Crippen molar-refractivity contribution in [1.82, 2.24) is 29.3 Å².